The summed E-state index contributed by atoms with van der Waals surface area (Å²) in [7, 11) is 7.36. The van der Waals surface area contributed by atoms with Crippen LogP contribution in [-0.4, -0.2) is 71.5 Å². The number of hydrogen-bond acceptors (Lipinski definition) is 7. The number of rotatable bonds is 14. The third-order valence-electron chi connectivity index (χ3n) is 14.6. The van der Waals surface area contributed by atoms with Gasteiger partial charge in [-0.15, -0.1) is 0 Å². The lowest BCUT2D eigenvalue weighted by atomic mass is 9.84. The van der Waals surface area contributed by atoms with Crippen molar-refractivity contribution in [3.05, 3.63) is 160 Å². The van der Waals surface area contributed by atoms with Gasteiger partial charge in [-0.25, -0.2) is 13.6 Å². The van der Waals surface area contributed by atoms with Gasteiger partial charge in [0.15, 0.2) is 5.69 Å². The van der Waals surface area contributed by atoms with Crippen LogP contribution in [0.5, 0.6) is 0 Å². The molecule has 8 rings (SSSR count). The number of nitrogens with one attached hydrogen (secondary N) is 1. The Morgan fingerprint density at radius 1 is 0.627 bits per heavy atom. The Morgan fingerprint density at radius 2 is 0.976 bits per heavy atom. The van der Waals surface area contributed by atoms with E-state index in [-0.39, 0.29) is 25.1 Å². The number of hydrogen-bond donors (Lipinski definition) is 2. The average Bonchev–Trinajstić information content (AvgIpc) is 3.97. The third-order valence-corrected chi connectivity index (χ3v) is 16.4. The summed E-state index contributed by atoms with van der Waals surface area (Å²) in [6.45, 7) is 22.0. The fraction of sp³-hybridized carbons (Fsp3) is 0.429. The molecule has 454 valence electrons. The Morgan fingerprint density at radius 3 is 1.30 bits per heavy atom. The van der Waals surface area contributed by atoms with E-state index in [4.69, 9.17) is 96.2 Å². The van der Waals surface area contributed by atoms with E-state index in [1.165, 1.54) is 71.0 Å². The average molecular weight is 1330 g/mol. The van der Waals surface area contributed by atoms with Gasteiger partial charge in [-0.05, 0) is 205 Å². The number of aromatic nitrogens is 4. The second kappa shape index (κ2) is 37.3. The highest BCUT2D eigenvalue weighted by molar-refractivity contribution is 8.26. The monoisotopic (exact) mass is 1330 g/mol. The van der Waals surface area contributed by atoms with E-state index in [0.717, 1.165) is 58.0 Å². The molecule has 2 aliphatic rings. The first-order chi connectivity index (χ1) is 38.9. The second-order valence-electron chi connectivity index (χ2n) is 20.4. The number of carbonyl (C=O) groups is 2. The van der Waals surface area contributed by atoms with Crippen LogP contribution >= 0.6 is 103 Å². The molecule has 83 heavy (non-hydrogen) atoms. The third kappa shape index (κ3) is 23.3. The summed E-state index contributed by atoms with van der Waals surface area (Å²) >= 11 is 42.8. The van der Waals surface area contributed by atoms with Crippen molar-refractivity contribution in [2.75, 3.05) is 19.6 Å². The lowest BCUT2D eigenvalue weighted by molar-refractivity contribution is 0.0912. The first-order valence-corrected chi connectivity index (χ1v) is 33.1. The van der Waals surface area contributed by atoms with Gasteiger partial charge in [0.1, 0.15) is 5.69 Å². The van der Waals surface area contributed by atoms with E-state index in [1.807, 2.05) is 87.5 Å². The lowest BCUT2D eigenvalue weighted by Gasteiger charge is -2.28. The molecule has 2 aromatic heterocycles. The summed E-state index contributed by atoms with van der Waals surface area (Å²) < 4.78 is 12.4. The maximum absolute atomic E-state index is 13.4. The van der Waals surface area contributed by atoms with Gasteiger partial charge in [0.25, 0.3) is 11.1 Å². The first kappa shape index (κ1) is 73.9. The maximum atomic E-state index is 13.4. The maximum Gasteiger partial charge on any atom is 0.273 e. The quantitative estimate of drug-likeness (QED) is 0.104. The minimum absolute atomic E-state index is 0. The molecule has 0 unspecified atom stereocenters. The van der Waals surface area contributed by atoms with Crippen LogP contribution in [-0.2, 0) is 9.23 Å². The molecule has 20 heteroatoms. The summed E-state index contributed by atoms with van der Waals surface area (Å²) in [5.74, 6) is 1.18. The van der Waals surface area contributed by atoms with Crippen LogP contribution in [0.25, 0.3) is 34.7 Å². The van der Waals surface area contributed by atoms with Crippen molar-refractivity contribution < 1.29 is 13.8 Å². The van der Waals surface area contributed by atoms with Gasteiger partial charge in [-0.2, -0.15) is 10.2 Å². The highest BCUT2D eigenvalue weighted by Gasteiger charge is 2.28. The molecule has 0 bridgehead atoms. The predicted octanol–water partition coefficient (Wildman–Crippen LogP) is 20.4. The van der Waals surface area contributed by atoms with Gasteiger partial charge >= 0.3 is 0 Å². The first-order valence-electron chi connectivity index (χ1n) is 27.6. The van der Waals surface area contributed by atoms with Crippen molar-refractivity contribution in [1.29, 1.82) is 0 Å². The molecule has 0 aliphatic heterocycles. The molecule has 0 saturated heterocycles. The van der Waals surface area contributed by atoms with E-state index in [9.17, 15) is 9.59 Å². The summed E-state index contributed by atoms with van der Waals surface area (Å²) in [5, 5.41) is 15.0. The highest BCUT2D eigenvalue weighted by atomic mass is 36.0. The van der Waals surface area contributed by atoms with E-state index in [1.54, 1.807) is 46.6 Å². The number of halogens is 9. The zero-order valence-electron chi connectivity index (χ0n) is 48.1. The van der Waals surface area contributed by atoms with E-state index in [0.29, 0.717) is 64.7 Å². The van der Waals surface area contributed by atoms with Gasteiger partial charge in [0, 0.05) is 64.7 Å². The van der Waals surface area contributed by atoms with Crippen molar-refractivity contribution in [1.82, 2.24) is 29.8 Å². The molecule has 10 nitrogen and oxygen atoms in total. The smallest absolute Gasteiger partial charge is 0.273 e. The summed E-state index contributed by atoms with van der Waals surface area (Å²) in [6.07, 6.45) is 17.1. The zero-order valence-corrected chi connectivity index (χ0v) is 55.7. The predicted molar refractivity (Wildman–Crippen MR) is 361 cm³/mol. The second-order valence-corrected chi connectivity index (χ2v) is 25.8. The molecule has 2 fully saturated rings. The zero-order chi connectivity index (χ0) is 60.8. The minimum Gasteiger partial charge on any atom is -0.348 e. The molecule has 0 spiro atoms. The Bertz CT molecular complexity index is 3080. The Kier molecular flexibility index (Phi) is 33.2. The molecular formula is C63H80Cl9N7O3S. The van der Waals surface area contributed by atoms with Crippen molar-refractivity contribution in [2.45, 2.75) is 146 Å². The van der Waals surface area contributed by atoms with Crippen LogP contribution in [0.15, 0.2) is 84.9 Å². The molecule has 2 heterocycles. The molecule has 0 radical (unpaired) electrons. The number of carbonyl (C=O) groups excluding carboxylic acids is 2. The van der Waals surface area contributed by atoms with Crippen LogP contribution in [0.3, 0.4) is 0 Å². The Balaban J connectivity index is 0.000000329. The Hall–Kier alpha value is -3.40. The van der Waals surface area contributed by atoms with Gasteiger partial charge in [-0.3, -0.25) is 9.59 Å². The highest BCUT2D eigenvalue weighted by Crippen LogP contribution is 2.34. The molecule has 6 aromatic rings. The molecule has 1 amide bonds. The fourth-order valence-corrected chi connectivity index (χ4v) is 11.5. The number of nitrogens with two attached hydrogens (primary N) is 1. The van der Waals surface area contributed by atoms with Crippen LogP contribution in [0.1, 0.15) is 175 Å². The molecule has 2 saturated carbocycles. The number of allylic oxidation sites excluding steroid dienone is 2. The van der Waals surface area contributed by atoms with E-state index < -0.39 is 14.5 Å². The van der Waals surface area contributed by atoms with Crippen molar-refractivity contribution >= 4 is 146 Å². The van der Waals surface area contributed by atoms with Crippen LogP contribution < -0.4 is 11.1 Å². The van der Waals surface area contributed by atoms with Gasteiger partial charge in [0.2, 0.25) is 9.23 Å². The summed E-state index contributed by atoms with van der Waals surface area (Å²) in [4.78, 5) is 27.6. The molecule has 2 atom stereocenters. The fourth-order valence-electron chi connectivity index (χ4n) is 10.1. The number of nitrogens with zero attached hydrogens (tertiary/aromatic N) is 5. The van der Waals surface area contributed by atoms with Crippen molar-refractivity contribution in [2.24, 2.45) is 17.6 Å². The molecule has 3 N–H and O–H groups in total. The number of amides is 1. The van der Waals surface area contributed by atoms with Crippen LogP contribution in [0, 0.1) is 25.7 Å². The van der Waals surface area contributed by atoms with Gasteiger partial charge < -0.3 is 16.0 Å². The number of benzene rings is 4. The molecule has 4 aromatic carbocycles. The van der Waals surface area contributed by atoms with Crippen LogP contribution in [0.2, 0.25) is 30.1 Å². The SMILES string of the molecule is C.C/C(=C\c1ccc(Cl)cc1)c1c(C)c(C(=O)Cl)nn1-c1ccc(Cl)cc1Cl.C/C(=C\c1ccc(Cl)cc1)c1c(C)c(C(=O)N[C@H](C)C2CCCCC2)nn1-c1ccc(Cl)cc1Cl.CCN(CC)CC.C[C@@H](N)C1CCCCC1.O=S(Cl)Cl. The largest absolute Gasteiger partial charge is 0.348 e. The summed E-state index contributed by atoms with van der Waals surface area (Å²) in [5.41, 5.74) is 14.4. The summed E-state index contributed by atoms with van der Waals surface area (Å²) in [6, 6.07) is 26.0. The van der Waals surface area contributed by atoms with Gasteiger partial charge in [-0.1, -0.05) is 161 Å². The topological polar surface area (TPSA) is 128 Å². The molecule has 2 aliphatic carbocycles. The van der Waals surface area contributed by atoms with Gasteiger partial charge in [0.05, 0.1) is 32.8 Å². The van der Waals surface area contributed by atoms with Crippen molar-refractivity contribution in [3.8, 4) is 11.4 Å². The van der Waals surface area contributed by atoms with E-state index >= 15 is 0 Å². The molecular weight excluding hydrogens is 1250 g/mol. The lowest BCUT2D eigenvalue weighted by Crippen LogP contribution is -2.39. The standard InChI is InChI=1S/C28H30Cl3N3O.C20H14Cl4N2O.C8H17N.C6H15N.CH4.Cl2OS/c1-17(15-20-9-11-22(29)12-10-20)27-18(2)26(28(35)32-19(3)21-7-5-4-6-8-21)33-34(27)25-14-13-23(30)16-24(25)31;1-11(9-13-3-5-14(21)6-4-13)19-12(2)18(20(24)27)25-26(19)17-8-7-15(22)10-16(17)23;1-7(9)8-5-3-2-4-6-8;1-4-7(5-2)6-3;;1-4(2)3/h9-16,19,21H,4-8H2,1-3H3,(H,32,35);3-10H,1-2H3;7-8H,2-6,9H2,1H3;4-6H2,1-3H3;1H4;/b17-15+;11-9+;;;;/t19-;;7-;;;/m1.1.../s1. The minimum atomic E-state index is -1.67. The normalized spacial score (nSPS) is 14.6. The van der Waals surface area contributed by atoms with Crippen LogP contribution in [0.4, 0.5) is 0 Å². The van der Waals surface area contributed by atoms with E-state index in [2.05, 4.69) is 71.3 Å². The van der Waals surface area contributed by atoms with Crippen molar-refractivity contribution in [3.63, 3.8) is 0 Å². The Labute approximate surface area is 540 Å².